The van der Waals surface area contributed by atoms with E-state index in [0.717, 1.165) is 36.4 Å². The maximum absolute atomic E-state index is 12.8. The van der Waals surface area contributed by atoms with Crippen LogP contribution in [0.2, 0.25) is 0 Å². The smallest absolute Gasteiger partial charge is 0.251 e. The van der Waals surface area contributed by atoms with Crippen LogP contribution in [0, 0.1) is 0 Å². The van der Waals surface area contributed by atoms with E-state index in [1.165, 1.54) is 12.8 Å². The molecular weight excluding hydrogens is 400 g/mol. The number of rotatable bonds is 8. The highest BCUT2D eigenvalue weighted by Crippen LogP contribution is 2.23. The molecule has 0 aliphatic carbocycles. The van der Waals surface area contributed by atoms with Gasteiger partial charge in [0.05, 0.1) is 0 Å². The molecule has 3 rings (SSSR count). The van der Waals surface area contributed by atoms with E-state index in [2.05, 4.69) is 21.6 Å². The van der Waals surface area contributed by atoms with E-state index in [0.29, 0.717) is 18.5 Å². The molecule has 7 heteroatoms. The fourth-order valence-electron chi connectivity index (χ4n) is 3.58. The Balaban J connectivity index is 0.00000320. The summed E-state index contributed by atoms with van der Waals surface area (Å²) in [4.78, 5) is 27.8. The Labute approximate surface area is 184 Å². The number of carbonyl (C=O) groups excluding carboxylic acids is 2. The number of hydrogen-bond donors (Lipinski definition) is 3. The predicted molar refractivity (Wildman–Crippen MR) is 124 cm³/mol. The average molecular weight is 431 g/mol. The van der Waals surface area contributed by atoms with Crippen molar-refractivity contribution in [1.29, 1.82) is 0 Å². The SMILES string of the molecule is CCCC(NC(=O)c1ccc(CN)cc1)C(=O)Nc1cccc(N2CCCC2)c1.Cl. The summed E-state index contributed by atoms with van der Waals surface area (Å²) >= 11 is 0. The summed E-state index contributed by atoms with van der Waals surface area (Å²) in [5.41, 5.74) is 8.96. The van der Waals surface area contributed by atoms with Gasteiger partial charge in [-0.05, 0) is 55.2 Å². The second-order valence-electron chi connectivity index (χ2n) is 7.45. The molecule has 0 spiro atoms. The van der Waals surface area contributed by atoms with Gasteiger partial charge in [0.15, 0.2) is 0 Å². The van der Waals surface area contributed by atoms with Gasteiger partial charge >= 0.3 is 0 Å². The summed E-state index contributed by atoms with van der Waals surface area (Å²) in [5, 5.41) is 5.84. The molecule has 1 atom stereocenters. The topological polar surface area (TPSA) is 87.5 Å². The molecule has 1 aliphatic heterocycles. The number of halogens is 1. The van der Waals surface area contributed by atoms with Crippen LogP contribution < -0.4 is 21.3 Å². The van der Waals surface area contributed by atoms with E-state index in [4.69, 9.17) is 5.73 Å². The van der Waals surface area contributed by atoms with Gasteiger partial charge in [-0.2, -0.15) is 0 Å². The van der Waals surface area contributed by atoms with E-state index >= 15 is 0 Å². The van der Waals surface area contributed by atoms with Gasteiger partial charge in [-0.15, -0.1) is 12.4 Å². The summed E-state index contributed by atoms with van der Waals surface area (Å²) in [7, 11) is 0. The van der Waals surface area contributed by atoms with Crippen LogP contribution in [-0.2, 0) is 11.3 Å². The minimum Gasteiger partial charge on any atom is -0.371 e. The second-order valence-corrected chi connectivity index (χ2v) is 7.45. The Morgan fingerprint density at radius 2 is 1.80 bits per heavy atom. The van der Waals surface area contributed by atoms with Crippen molar-refractivity contribution in [3.63, 3.8) is 0 Å². The largest absolute Gasteiger partial charge is 0.371 e. The van der Waals surface area contributed by atoms with E-state index in [9.17, 15) is 9.59 Å². The Morgan fingerprint density at radius 1 is 1.10 bits per heavy atom. The number of hydrogen-bond acceptors (Lipinski definition) is 4. The van der Waals surface area contributed by atoms with Crippen LogP contribution in [0.15, 0.2) is 48.5 Å². The normalized spacial score (nSPS) is 14.0. The molecule has 0 saturated carbocycles. The number of carbonyl (C=O) groups is 2. The lowest BCUT2D eigenvalue weighted by molar-refractivity contribution is -0.118. The first-order valence-electron chi connectivity index (χ1n) is 10.4. The van der Waals surface area contributed by atoms with E-state index < -0.39 is 6.04 Å². The Kier molecular flexibility index (Phi) is 9.15. The fraction of sp³-hybridized carbons (Fsp3) is 0.391. The minimum absolute atomic E-state index is 0. The first kappa shape index (κ1) is 23.7. The van der Waals surface area contributed by atoms with Gasteiger partial charge in [-0.3, -0.25) is 9.59 Å². The summed E-state index contributed by atoms with van der Waals surface area (Å²) in [6, 6.07) is 14.4. The molecule has 162 valence electrons. The highest BCUT2D eigenvalue weighted by atomic mass is 35.5. The number of amides is 2. The van der Waals surface area contributed by atoms with Gasteiger partial charge in [-0.25, -0.2) is 0 Å². The van der Waals surface area contributed by atoms with Crippen molar-refractivity contribution in [3.8, 4) is 0 Å². The monoisotopic (exact) mass is 430 g/mol. The molecule has 0 bridgehead atoms. The van der Waals surface area contributed by atoms with Gasteiger partial charge in [0.2, 0.25) is 5.91 Å². The van der Waals surface area contributed by atoms with Crippen molar-refractivity contribution in [2.75, 3.05) is 23.3 Å². The van der Waals surface area contributed by atoms with Gasteiger partial charge < -0.3 is 21.3 Å². The van der Waals surface area contributed by atoms with Gasteiger partial charge in [0.1, 0.15) is 6.04 Å². The first-order valence-corrected chi connectivity index (χ1v) is 10.4. The molecule has 1 unspecified atom stereocenters. The first-order chi connectivity index (χ1) is 14.1. The molecule has 2 aromatic rings. The van der Waals surface area contributed by atoms with E-state index in [1.807, 2.05) is 37.3 Å². The summed E-state index contributed by atoms with van der Waals surface area (Å²) in [6.07, 6.45) is 3.77. The Hall–Kier alpha value is -2.57. The highest BCUT2D eigenvalue weighted by molar-refractivity contribution is 6.01. The third-order valence-corrected chi connectivity index (χ3v) is 5.24. The van der Waals surface area contributed by atoms with Crippen LogP contribution in [-0.4, -0.2) is 30.9 Å². The third kappa shape index (κ3) is 6.21. The minimum atomic E-state index is -0.586. The van der Waals surface area contributed by atoms with Crippen LogP contribution in [0.3, 0.4) is 0 Å². The maximum Gasteiger partial charge on any atom is 0.251 e. The maximum atomic E-state index is 12.8. The number of nitrogens with two attached hydrogens (primary N) is 1. The zero-order valence-corrected chi connectivity index (χ0v) is 18.2. The van der Waals surface area contributed by atoms with Crippen molar-refractivity contribution in [2.45, 2.75) is 45.2 Å². The van der Waals surface area contributed by atoms with Gasteiger partial charge in [0.25, 0.3) is 5.91 Å². The number of nitrogens with zero attached hydrogens (tertiary/aromatic N) is 1. The lowest BCUT2D eigenvalue weighted by atomic mass is 10.1. The van der Waals surface area contributed by atoms with E-state index in [-0.39, 0.29) is 24.2 Å². The van der Waals surface area contributed by atoms with Crippen LogP contribution >= 0.6 is 12.4 Å². The van der Waals surface area contributed by atoms with Crippen molar-refractivity contribution in [3.05, 3.63) is 59.7 Å². The van der Waals surface area contributed by atoms with Crippen molar-refractivity contribution in [1.82, 2.24) is 5.32 Å². The summed E-state index contributed by atoms with van der Waals surface area (Å²) < 4.78 is 0. The van der Waals surface area contributed by atoms with E-state index in [1.54, 1.807) is 12.1 Å². The number of benzene rings is 2. The molecule has 1 fully saturated rings. The Morgan fingerprint density at radius 3 is 2.43 bits per heavy atom. The molecule has 1 aliphatic rings. The third-order valence-electron chi connectivity index (χ3n) is 5.24. The van der Waals surface area contributed by atoms with Crippen LogP contribution in [0.25, 0.3) is 0 Å². The zero-order valence-electron chi connectivity index (χ0n) is 17.4. The molecule has 4 N–H and O–H groups in total. The van der Waals surface area contributed by atoms with Crippen molar-refractivity contribution < 1.29 is 9.59 Å². The highest BCUT2D eigenvalue weighted by Gasteiger charge is 2.21. The average Bonchev–Trinajstić information content (AvgIpc) is 3.28. The number of anilines is 2. The molecule has 6 nitrogen and oxygen atoms in total. The van der Waals surface area contributed by atoms with Crippen LogP contribution in [0.1, 0.15) is 48.5 Å². The van der Waals surface area contributed by atoms with Crippen molar-refractivity contribution >= 4 is 35.6 Å². The molecule has 0 radical (unpaired) electrons. The predicted octanol–water partition coefficient (Wildman–Crippen LogP) is 3.70. The van der Waals surface area contributed by atoms with Gasteiger partial charge in [0, 0.05) is 36.6 Å². The molecule has 1 heterocycles. The Bertz CT molecular complexity index is 835. The summed E-state index contributed by atoms with van der Waals surface area (Å²) in [6.45, 7) is 4.53. The molecule has 2 amide bonds. The van der Waals surface area contributed by atoms with Crippen LogP contribution in [0.4, 0.5) is 11.4 Å². The second kappa shape index (κ2) is 11.6. The molecule has 2 aromatic carbocycles. The van der Waals surface area contributed by atoms with Crippen LogP contribution in [0.5, 0.6) is 0 Å². The van der Waals surface area contributed by atoms with Crippen molar-refractivity contribution in [2.24, 2.45) is 5.73 Å². The zero-order chi connectivity index (χ0) is 20.6. The van der Waals surface area contributed by atoms with Gasteiger partial charge in [-0.1, -0.05) is 31.5 Å². The fourth-order valence-corrected chi connectivity index (χ4v) is 3.58. The molecular formula is C23H31ClN4O2. The quantitative estimate of drug-likeness (QED) is 0.595. The number of nitrogens with one attached hydrogen (secondary N) is 2. The molecule has 30 heavy (non-hydrogen) atoms. The molecule has 1 saturated heterocycles. The lowest BCUT2D eigenvalue weighted by Crippen LogP contribution is -2.43. The lowest BCUT2D eigenvalue weighted by Gasteiger charge is -2.20. The summed E-state index contributed by atoms with van der Waals surface area (Å²) in [5.74, 6) is -0.453. The molecule has 0 aromatic heterocycles. The standard InChI is InChI=1S/C23H30N4O2.ClH/c1-2-6-21(26-22(28)18-11-9-17(16-24)10-12-18)23(29)25-19-7-5-8-20(15-19)27-13-3-4-14-27;/h5,7-12,15,21H,2-4,6,13-14,16,24H2,1H3,(H,25,29)(H,26,28);1H.